The number of carbonyl (C=O) groups is 1. The van der Waals surface area contributed by atoms with Crippen molar-refractivity contribution in [2.45, 2.75) is 38.7 Å². The SMILES string of the molecule is CC(C)c1c(C(=O)O)nnn1CC(F)(F)C(F)F. The van der Waals surface area contributed by atoms with Crippen LogP contribution in [-0.4, -0.2) is 38.4 Å². The summed E-state index contributed by atoms with van der Waals surface area (Å²) in [6.07, 6.45) is -3.85. The molecule has 0 aromatic carbocycles. The lowest BCUT2D eigenvalue weighted by Gasteiger charge is -2.17. The molecule has 0 atom stereocenters. The number of nitrogens with zero attached hydrogens (tertiary/aromatic N) is 3. The summed E-state index contributed by atoms with van der Waals surface area (Å²) in [6.45, 7) is 1.66. The van der Waals surface area contributed by atoms with Gasteiger partial charge in [0.1, 0.15) is 6.54 Å². The summed E-state index contributed by atoms with van der Waals surface area (Å²) in [7, 11) is 0. The van der Waals surface area contributed by atoms with E-state index in [-0.39, 0.29) is 5.69 Å². The van der Waals surface area contributed by atoms with Crippen molar-refractivity contribution in [2.24, 2.45) is 0 Å². The van der Waals surface area contributed by atoms with Crippen LogP contribution in [0.4, 0.5) is 17.6 Å². The number of hydrogen-bond donors (Lipinski definition) is 1. The first kappa shape index (κ1) is 14.4. The molecule has 18 heavy (non-hydrogen) atoms. The van der Waals surface area contributed by atoms with Crippen LogP contribution in [0.25, 0.3) is 0 Å². The zero-order valence-corrected chi connectivity index (χ0v) is 9.57. The third-order valence-electron chi connectivity index (χ3n) is 2.20. The third kappa shape index (κ3) is 2.77. The molecule has 0 fully saturated rings. The summed E-state index contributed by atoms with van der Waals surface area (Å²) < 4.78 is 50.5. The number of halogens is 4. The molecule has 1 aromatic heterocycles. The highest BCUT2D eigenvalue weighted by Crippen LogP contribution is 2.27. The molecule has 0 saturated heterocycles. The van der Waals surface area contributed by atoms with Gasteiger partial charge in [0.05, 0.1) is 5.69 Å². The van der Waals surface area contributed by atoms with Gasteiger partial charge in [-0.2, -0.15) is 8.78 Å². The highest BCUT2D eigenvalue weighted by Gasteiger charge is 2.42. The van der Waals surface area contributed by atoms with E-state index in [1.54, 1.807) is 0 Å². The van der Waals surface area contributed by atoms with Crippen molar-refractivity contribution < 1.29 is 27.5 Å². The molecule has 1 heterocycles. The Morgan fingerprint density at radius 3 is 2.39 bits per heavy atom. The van der Waals surface area contributed by atoms with Crippen LogP contribution in [0.5, 0.6) is 0 Å². The maximum absolute atomic E-state index is 12.9. The van der Waals surface area contributed by atoms with E-state index >= 15 is 0 Å². The molecule has 9 heteroatoms. The van der Waals surface area contributed by atoms with Gasteiger partial charge in [0.2, 0.25) is 0 Å². The van der Waals surface area contributed by atoms with Crippen molar-refractivity contribution in [1.29, 1.82) is 0 Å². The van der Waals surface area contributed by atoms with Gasteiger partial charge in [0.25, 0.3) is 0 Å². The number of carboxylic acid groups (broad SMARTS) is 1. The number of aromatic nitrogens is 3. The van der Waals surface area contributed by atoms with Gasteiger partial charge in [-0.15, -0.1) is 5.10 Å². The van der Waals surface area contributed by atoms with Crippen LogP contribution in [-0.2, 0) is 6.54 Å². The van der Waals surface area contributed by atoms with Crippen molar-refractivity contribution in [2.75, 3.05) is 0 Å². The van der Waals surface area contributed by atoms with Crippen molar-refractivity contribution in [1.82, 2.24) is 15.0 Å². The lowest BCUT2D eigenvalue weighted by molar-refractivity contribution is -0.140. The molecule has 0 unspecified atom stereocenters. The molecule has 1 N–H and O–H groups in total. The second-order valence-electron chi connectivity index (χ2n) is 4.00. The van der Waals surface area contributed by atoms with Gasteiger partial charge in [0, 0.05) is 0 Å². The van der Waals surface area contributed by atoms with Crippen molar-refractivity contribution in [3.05, 3.63) is 11.4 Å². The molecular formula is C9H11F4N3O2. The van der Waals surface area contributed by atoms with E-state index in [0.29, 0.717) is 4.68 Å². The fourth-order valence-electron chi connectivity index (χ4n) is 1.43. The molecule has 0 aliphatic carbocycles. The molecule has 0 bridgehead atoms. The normalized spacial score (nSPS) is 12.4. The van der Waals surface area contributed by atoms with E-state index in [1.807, 2.05) is 0 Å². The van der Waals surface area contributed by atoms with E-state index in [0.717, 1.165) is 0 Å². The Labute approximate surface area is 99.4 Å². The van der Waals surface area contributed by atoms with Gasteiger partial charge < -0.3 is 5.11 Å². The van der Waals surface area contributed by atoms with Gasteiger partial charge in [-0.25, -0.2) is 18.3 Å². The monoisotopic (exact) mass is 269 g/mol. The van der Waals surface area contributed by atoms with Gasteiger partial charge in [-0.1, -0.05) is 19.1 Å². The lowest BCUT2D eigenvalue weighted by atomic mass is 10.1. The largest absolute Gasteiger partial charge is 0.476 e. The molecule has 0 aliphatic heterocycles. The maximum atomic E-state index is 12.9. The minimum absolute atomic E-state index is 0.108. The zero-order valence-electron chi connectivity index (χ0n) is 9.57. The summed E-state index contributed by atoms with van der Waals surface area (Å²) in [5.41, 5.74) is -0.613. The van der Waals surface area contributed by atoms with Crippen LogP contribution in [0.2, 0.25) is 0 Å². The average Bonchev–Trinajstić information content (AvgIpc) is 2.60. The van der Waals surface area contributed by atoms with Gasteiger partial charge in [-0.05, 0) is 5.92 Å². The maximum Gasteiger partial charge on any atom is 0.358 e. The Bertz CT molecular complexity index is 445. The van der Waals surface area contributed by atoms with Gasteiger partial charge >= 0.3 is 18.3 Å². The summed E-state index contributed by atoms with van der Waals surface area (Å²) in [4.78, 5) is 10.8. The van der Waals surface area contributed by atoms with E-state index in [4.69, 9.17) is 5.11 Å². The third-order valence-corrected chi connectivity index (χ3v) is 2.20. The van der Waals surface area contributed by atoms with Crippen LogP contribution >= 0.6 is 0 Å². The van der Waals surface area contributed by atoms with Gasteiger partial charge in [-0.3, -0.25) is 0 Å². The quantitative estimate of drug-likeness (QED) is 0.830. The Kier molecular flexibility index (Phi) is 3.92. The predicted molar refractivity (Wildman–Crippen MR) is 52.0 cm³/mol. The first-order valence-corrected chi connectivity index (χ1v) is 4.99. The topological polar surface area (TPSA) is 68.0 Å². The fraction of sp³-hybridized carbons (Fsp3) is 0.667. The fourth-order valence-corrected chi connectivity index (χ4v) is 1.43. The van der Waals surface area contributed by atoms with E-state index < -0.39 is 36.5 Å². The Balaban J connectivity index is 3.15. The summed E-state index contributed by atoms with van der Waals surface area (Å²) in [6, 6.07) is 0. The number of rotatable bonds is 5. The van der Waals surface area contributed by atoms with Crippen molar-refractivity contribution in [3.63, 3.8) is 0 Å². The number of hydrogen-bond acceptors (Lipinski definition) is 3. The van der Waals surface area contributed by atoms with E-state index in [9.17, 15) is 22.4 Å². The molecule has 0 saturated carbocycles. The molecule has 5 nitrogen and oxygen atoms in total. The zero-order chi connectivity index (χ0) is 14.1. The van der Waals surface area contributed by atoms with Crippen LogP contribution < -0.4 is 0 Å². The molecule has 102 valence electrons. The van der Waals surface area contributed by atoms with Crippen LogP contribution in [0, 0.1) is 0 Å². The summed E-state index contributed by atoms with van der Waals surface area (Å²) in [5.74, 6) is -6.21. The number of carboxylic acids is 1. The van der Waals surface area contributed by atoms with Crippen molar-refractivity contribution >= 4 is 5.97 Å². The first-order chi connectivity index (χ1) is 8.16. The molecular weight excluding hydrogens is 258 g/mol. The Hall–Kier alpha value is -1.67. The Morgan fingerprint density at radius 1 is 1.44 bits per heavy atom. The van der Waals surface area contributed by atoms with Crippen LogP contribution in [0.15, 0.2) is 0 Å². The van der Waals surface area contributed by atoms with Crippen LogP contribution in [0.3, 0.4) is 0 Å². The van der Waals surface area contributed by atoms with Gasteiger partial charge in [0.15, 0.2) is 5.69 Å². The number of aromatic carboxylic acids is 1. The molecule has 0 spiro atoms. The first-order valence-electron chi connectivity index (χ1n) is 4.99. The van der Waals surface area contributed by atoms with E-state index in [2.05, 4.69) is 10.3 Å². The van der Waals surface area contributed by atoms with Crippen molar-refractivity contribution in [3.8, 4) is 0 Å². The summed E-state index contributed by atoms with van der Waals surface area (Å²) in [5, 5.41) is 15.2. The second kappa shape index (κ2) is 4.91. The second-order valence-corrected chi connectivity index (χ2v) is 4.00. The lowest BCUT2D eigenvalue weighted by Crippen LogP contribution is -2.33. The average molecular weight is 269 g/mol. The minimum Gasteiger partial charge on any atom is -0.476 e. The van der Waals surface area contributed by atoms with Crippen LogP contribution in [0.1, 0.15) is 35.9 Å². The van der Waals surface area contributed by atoms with E-state index in [1.165, 1.54) is 13.8 Å². The summed E-state index contributed by atoms with van der Waals surface area (Å²) >= 11 is 0. The highest BCUT2D eigenvalue weighted by atomic mass is 19.3. The highest BCUT2D eigenvalue weighted by molar-refractivity contribution is 5.86. The predicted octanol–water partition coefficient (Wildman–Crippen LogP) is 2.00. The smallest absolute Gasteiger partial charge is 0.358 e. The minimum atomic E-state index is -4.28. The molecule has 0 amide bonds. The molecule has 0 radical (unpaired) electrons. The standard InChI is InChI=1S/C9H11F4N3O2/c1-4(2)6-5(7(17)18)14-15-16(6)3-9(12,13)8(10)11/h4,8H,3H2,1-2H3,(H,17,18). The molecule has 1 rings (SSSR count). The Morgan fingerprint density at radius 2 is 2.00 bits per heavy atom. The number of alkyl halides is 4. The molecule has 1 aromatic rings. The molecule has 0 aliphatic rings.